The summed E-state index contributed by atoms with van der Waals surface area (Å²) in [6.07, 6.45) is 2.90. The molecule has 0 amide bonds. The highest BCUT2D eigenvalue weighted by atomic mass is 19.1. The van der Waals surface area contributed by atoms with Crippen LogP contribution < -0.4 is 0 Å². The lowest BCUT2D eigenvalue weighted by Gasteiger charge is -2.49. The van der Waals surface area contributed by atoms with Crippen molar-refractivity contribution in [2.75, 3.05) is 0 Å². The molecule has 2 fully saturated rings. The van der Waals surface area contributed by atoms with Gasteiger partial charge in [-0.05, 0) is 85.3 Å². The number of carbonyl (C=O) groups excluding carboxylic acids is 1. The minimum absolute atomic E-state index is 0.0655. The Morgan fingerprint density at radius 1 is 1.14 bits per heavy atom. The Hall–Kier alpha value is -2.60. The maximum absolute atomic E-state index is 14.7. The minimum Gasteiger partial charge on any atom is -0.508 e. The fourth-order valence-corrected chi connectivity index (χ4v) is 6.26. The SMILES string of the molecule is O=C1[C@@H](F)C[C@H]2[C@@H]3CCc4cc(O)ccc4[C@H]3CC[C@]12CC#Cc1ccccc1. The lowest BCUT2D eigenvalue weighted by Crippen LogP contribution is -2.44. The van der Waals surface area contributed by atoms with Gasteiger partial charge in [-0.15, -0.1) is 0 Å². The average Bonchev–Trinajstić information content (AvgIpc) is 2.99. The first kappa shape index (κ1) is 18.4. The molecule has 0 aromatic heterocycles. The van der Waals surface area contributed by atoms with Gasteiger partial charge in [0.05, 0.1) is 0 Å². The Labute approximate surface area is 171 Å². The second-order valence-corrected chi connectivity index (χ2v) is 8.91. The van der Waals surface area contributed by atoms with Crippen molar-refractivity contribution in [3.63, 3.8) is 0 Å². The highest BCUT2D eigenvalue weighted by Crippen LogP contribution is 2.61. The first-order valence-electron chi connectivity index (χ1n) is 10.6. The summed E-state index contributed by atoms with van der Waals surface area (Å²) in [4.78, 5) is 13.0. The van der Waals surface area contributed by atoms with E-state index in [1.807, 2.05) is 42.5 Å². The topological polar surface area (TPSA) is 37.3 Å². The van der Waals surface area contributed by atoms with Crippen LogP contribution in [0.3, 0.4) is 0 Å². The molecule has 1 N–H and O–H groups in total. The van der Waals surface area contributed by atoms with Gasteiger partial charge in [-0.2, -0.15) is 0 Å². The zero-order valence-corrected chi connectivity index (χ0v) is 16.4. The summed E-state index contributed by atoms with van der Waals surface area (Å²) in [6.45, 7) is 0. The Kier molecular flexibility index (Phi) is 4.46. The molecule has 0 unspecified atom stereocenters. The summed E-state index contributed by atoms with van der Waals surface area (Å²) in [7, 11) is 0. The fraction of sp³-hybridized carbons (Fsp3) is 0.423. The second-order valence-electron chi connectivity index (χ2n) is 8.91. The molecule has 2 aromatic rings. The molecule has 3 heteroatoms. The predicted octanol–water partition coefficient (Wildman–Crippen LogP) is 5.19. The van der Waals surface area contributed by atoms with Crippen LogP contribution in [0.25, 0.3) is 0 Å². The number of ketones is 1. The molecule has 5 rings (SSSR count). The molecule has 0 spiro atoms. The molecule has 0 heterocycles. The zero-order valence-electron chi connectivity index (χ0n) is 16.4. The van der Waals surface area contributed by atoms with E-state index in [-0.39, 0.29) is 11.7 Å². The van der Waals surface area contributed by atoms with Crippen molar-refractivity contribution in [2.45, 2.75) is 50.6 Å². The number of aromatic hydroxyl groups is 1. The lowest BCUT2D eigenvalue weighted by atomic mass is 9.54. The third kappa shape index (κ3) is 2.97. The van der Waals surface area contributed by atoms with Crippen molar-refractivity contribution >= 4 is 5.78 Å². The number of halogens is 1. The Morgan fingerprint density at radius 3 is 2.79 bits per heavy atom. The van der Waals surface area contributed by atoms with Gasteiger partial charge in [-0.3, -0.25) is 4.79 Å². The average molecular weight is 388 g/mol. The van der Waals surface area contributed by atoms with Gasteiger partial charge < -0.3 is 5.11 Å². The molecule has 29 heavy (non-hydrogen) atoms. The predicted molar refractivity (Wildman–Crippen MR) is 110 cm³/mol. The number of alkyl halides is 1. The van der Waals surface area contributed by atoms with E-state index in [4.69, 9.17) is 0 Å². The van der Waals surface area contributed by atoms with E-state index >= 15 is 0 Å². The van der Waals surface area contributed by atoms with E-state index < -0.39 is 11.6 Å². The van der Waals surface area contributed by atoms with Crippen molar-refractivity contribution < 1.29 is 14.3 Å². The molecule has 5 atom stereocenters. The van der Waals surface area contributed by atoms with Gasteiger partial charge in [0.1, 0.15) is 5.75 Å². The van der Waals surface area contributed by atoms with Crippen molar-refractivity contribution in [2.24, 2.45) is 17.3 Å². The third-order valence-electron chi connectivity index (χ3n) is 7.56. The molecule has 3 aliphatic carbocycles. The monoisotopic (exact) mass is 388 g/mol. The number of Topliss-reactive ketones (excluding diaryl/α,β-unsaturated/α-hetero) is 1. The lowest BCUT2D eigenvalue weighted by molar-refractivity contribution is -0.133. The molecule has 2 aromatic carbocycles. The van der Waals surface area contributed by atoms with Crippen molar-refractivity contribution in [3.8, 4) is 17.6 Å². The van der Waals surface area contributed by atoms with Crippen LogP contribution in [0.5, 0.6) is 5.75 Å². The number of fused-ring (bicyclic) bond motifs is 5. The van der Waals surface area contributed by atoms with Gasteiger partial charge in [0, 0.05) is 17.4 Å². The van der Waals surface area contributed by atoms with Crippen LogP contribution in [-0.4, -0.2) is 17.1 Å². The van der Waals surface area contributed by atoms with Crippen LogP contribution in [0.2, 0.25) is 0 Å². The Morgan fingerprint density at radius 2 is 1.97 bits per heavy atom. The molecular formula is C26H25FO2. The van der Waals surface area contributed by atoms with Gasteiger partial charge >= 0.3 is 0 Å². The minimum atomic E-state index is -1.35. The van der Waals surface area contributed by atoms with Crippen LogP contribution in [0.15, 0.2) is 48.5 Å². The molecule has 0 radical (unpaired) electrons. The van der Waals surface area contributed by atoms with Gasteiger partial charge in [-0.1, -0.05) is 36.1 Å². The zero-order chi connectivity index (χ0) is 20.0. The summed E-state index contributed by atoms with van der Waals surface area (Å²) >= 11 is 0. The van der Waals surface area contributed by atoms with E-state index in [1.165, 1.54) is 11.1 Å². The maximum atomic E-state index is 14.7. The molecule has 3 aliphatic rings. The van der Waals surface area contributed by atoms with Crippen LogP contribution in [-0.2, 0) is 11.2 Å². The van der Waals surface area contributed by atoms with E-state index in [2.05, 4.69) is 11.8 Å². The normalized spacial score (nSPS) is 32.5. The Balaban J connectivity index is 1.46. The van der Waals surface area contributed by atoms with Crippen LogP contribution in [0, 0.1) is 29.1 Å². The Bertz CT molecular complexity index is 1000. The summed E-state index contributed by atoms with van der Waals surface area (Å²) in [5, 5.41) is 9.83. The highest BCUT2D eigenvalue weighted by Gasteiger charge is 2.60. The van der Waals surface area contributed by atoms with Crippen molar-refractivity contribution in [1.29, 1.82) is 0 Å². The van der Waals surface area contributed by atoms with Gasteiger partial charge in [-0.25, -0.2) is 4.39 Å². The molecular weight excluding hydrogens is 363 g/mol. The van der Waals surface area contributed by atoms with Crippen LogP contribution in [0.1, 0.15) is 54.7 Å². The quantitative estimate of drug-likeness (QED) is 0.683. The molecule has 148 valence electrons. The van der Waals surface area contributed by atoms with Crippen LogP contribution in [0.4, 0.5) is 4.39 Å². The van der Waals surface area contributed by atoms with Crippen molar-refractivity contribution in [1.82, 2.24) is 0 Å². The summed E-state index contributed by atoms with van der Waals surface area (Å²) in [5.41, 5.74) is 2.81. The largest absolute Gasteiger partial charge is 0.508 e. The second kappa shape index (κ2) is 7.02. The standard InChI is InChI=1S/C26H25FO2/c27-24-16-23-22-10-8-18-15-19(28)9-11-20(18)21(22)12-14-26(23,25(24)29)13-4-7-17-5-2-1-3-6-17/h1-3,5-6,9,11,15,21-24,28H,8,10,12-14,16H2/t21-,22-,23+,24+,26+/m1/s1. The highest BCUT2D eigenvalue weighted by molar-refractivity contribution is 5.92. The number of hydrogen-bond donors (Lipinski definition) is 1. The number of carbonyl (C=O) groups is 1. The van der Waals surface area contributed by atoms with Gasteiger partial charge in [0.15, 0.2) is 12.0 Å². The van der Waals surface area contributed by atoms with Crippen LogP contribution >= 0.6 is 0 Å². The van der Waals surface area contributed by atoms with E-state index in [0.717, 1.165) is 24.8 Å². The first-order chi connectivity index (χ1) is 14.1. The third-order valence-corrected chi connectivity index (χ3v) is 7.56. The van der Waals surface area contributed by atoms with E-state index in [1.54, 1.807) is 6.07 Å². The van der Waals surface area contributed by atoms with Crippen molar-refractivity contribution in [3.05, 3.63) is 65.2 Å². The molecule has 0 bridgehead atoms. The summed E-state index contributed by atoms with van der Waals surface area (Å²) in [6, 6.07) is 15.4. The molecule has 0 saturated heterocycles. The van der Waals surface area contributed by atoms with Gasteiger partial charge in [0.25, 0.3) is 0 Å². The molecule has 2 nitrogen and oxygen atoms in total. The number of rotatable bonds is 1. The summed E-state index contributed by atoms with van der Waals surface area (Å²) < 4.78 is 14.7. The number of aryl methyl sites for hydroxylation is 1. The number of benzene rings is 2. The molecule has 2 saturated carbocycles. The number of phenolic OH excluding ortho intramolecular Hbond substituents is 1. The number of phenols is 1. The van der Waals surface area contributed by atoms with Gasteiger partial charge in [0.2, 0.25) is 0 Å². The fourth-order valence-electron chi connectivity index (χ4n) is 6.26. The molecule has 0 aliphatic heterocycles. The maximum Gasteiger partial charge on any atom is 0.174 e. The van der Waals surface area contributed by atoms with E-state index in [9.17, 15) is 14.3 Å². The summed E-state index contributed by atoms with van der Waals surface area (Å²) in [5.74, 6) is 7.26. The first-order valence-corrected chi connectivity index (χ1v) is 10.6. The smallest absolute Gasteiger partial charge is 0.174 e. The van der Waals surface area contributed by atoms with E-state index in [0.29, 0.717) is 36.8 Å². The number of hydrogen-bond acceptors (Lipinski definition) is 2.